The average molecular weight is 364 g/mol. The lowest BCUT2D eigenvalue weighted by atomic mass is 9.94. The Labute approximate surface area is 155 Å². The van der Waals surface area contributed by atoms with Crippen molar-refractivity contribution >= 4 is 23.7 Å². The fourth-order valence-electron chi connectivity index (χ4n) is 3.59. The zero-order valence-electron chi connectivity index (χ0n) is 14.5. The molecule has 7 nitrogen and oxygen atoms in total. The van der Waals surface area contributed by atoms with Gasteiger partial charge in [0.25, 0.3) is 11.8 Å². The van der Waals surface area contributed by atoms with Crippen LogP contribution in [0.5, 0.6) is 0 Å². The number of fused-ring (bicyclic) bond motifs is 1. The molecule has 2 aromatic carbocycles. The molecule has 1 fully saturated rings. The van der Waals surface area contributed by atoms with Crippen molar-refractivity contribution in [2.75, 3.05) is 7.05 Å². The number of benzene rings is 2. The van der Waals surface area contributed by atoms with Crippen molar-refractivity contribution in [2.45, 2.75) is 12.5 Å². The molecule has 4 rings (SSSR count). The van der Waals surface area contributed by atoms with Crippen molar-refractivity contribution in [1.82, 2.24) is 9.96 Å². The van der Waals surface area contributed by atoms with E-state index in [0.29, 0.717) is 5.06 Å². The molecule has 1 saturated heterocycles. The summed E-state index contributed by atoms with van der Waals surface area (Å²) in [5, 5.41) is 0.484. The normalized spacial score (nSPS) is 21.6. The predicted octanol–water partition coefficient (Wildman–Crippen LogP) is 1.96. The molecule has 0 N–H and O–H groups in total. The first-order chi connectivity index (χ1) is 13.0. The van der Waals surface area contributed by atoms with Crippen molar-refractivity contribution in [1.29, 1.82) is 0 Å². The number of rotatable bonds is 3. The summed E-state index contributed by atoms with van der Waals surface area (Å²) >= 11 is 0. The van der Waals surface area contributed by atoms with E-state index in [1.807, 2.05) is 30.3 Å². The fraction of sp³-hybridized carbons (Fsp3) is 0.200. The van der Waals surface area contributed by atoms with Gasteiger partial charge in [-0.3, -0.25) is 14.4 Å². The zero-order valence-corrected chi connectivity index (χ0v) is 14.5. The Morgan fingerprint density at radius 1 is 0.926 bits per heavy atom. The average Bonchev–Trinajstić information content (AvgIpc) is 3.12. The van der Waals surface area contributed by atoms with Crippen molar-refractivity contribution < 1.29 is 24.0 Å². The van der Waals surface area contributed by atoms with E-state index in [-0.39, 0.29) is 23.5 Å². The molecule has 2 atom stereocenters. The molecule has 0 unspecified atom stereocenters. The van der Waals surface area contributed by atoms with E-state index in [1.165, 1.54) is 17.0 Å². The maximum Gasteiger partial charge on any atom is 0.339 e. The zero-order chi connectivity index (χ0) is 19.1. The molecule has 2 aliphatic heterocycles. The number of likely N-dealkylation sites (tertiary alicyclic amines) is 1. The van der Waals surface area contributed by atoms with Gasteiger partial charge in [-0.15, -0.1) is 0 Å². The molecule has 2 heterocycles. The lowest BCUT2D eigenvalue weighted by molar-refractivity contribution is -0.174. The third kappa shape index (κ3) is 2.68. The van der Waals surface area contributed by atoms with Gasteiger partial charge < -0.3 is 9.74 Å². The van der Waals surface area contributed by atoms with Gasteiger partial charge in [0.05, 0.1) is 23.1 Å². The van der Waals surface area contributed by atoms with E-state index in [2.05, 4.69) is 0 Å². The quantitative estimate of drug-likeness (QED) is 0.778. The van der Waals surface area contributed by atoms with Gasteiger partial charge >= 0.3 is 5.97 Å². The van der Waals surface area contributed by atoms with Crippen LogP contribution in [0.2, 0.25) is 0 Å². The minimum atomic E-state index is -0.811. The minimum Gasteiger partial charge on any atom is -0.338 e. The minimum absolute atomic E-state index is 0.0436. The van der Waals surface area contributed by atoms with Gasteiger partial charge in [0, 0.05) is 13.5 Å². The van der Waals surface area contributed by atoms with Gasteiger partial charge in [-0.25, -0.2) is 4.79 Å². The third-order valence-electron chi connectivity index (χ3n) is 4.97. The van der Waals surface area contributed by atoms with E-state index in [1.54, 1.807) is 19.2 Å². The maximum atomic E-state index is 12.8. The van der Waals surface area contributed by atoms with Crippen LogP contribution in [0.3, 0.4) is 0 Å². The van der Waals surface area contributed by atoms with E-state index >= 15 is 0 Å². The third-order valence-corrected chi connectivity index (χ3v) is 4.97. The fourth-order valence-corrected chi connectivity index (χ4v) is 3.59. The highest BCUT2D eigenvalue weighted by atomic mass is 16.7. The SMILES string of the molecule is CN1C(=O)C[C@H](C(=O)ON2C(=O)c3ccccc3C2=O)[C@H]1c1ccccc1. The van der Waals surface area contributed by atoms with Crippen molar-refractivity contribution in [3.8, 4) is 0 Å². The van der Waals surface area contributed by atoms with Gasteiger partial charge in [-0.1, -0.05) is 47.5 Å². The molecule has 2 aliphatic rings. The van der Waals surface area contributed by atoms with Crippen LogP contribution in [-0.2, 0) is 14.4 Å². The molecule has 136 valence electrons. The maximum absolute atomic E-state index is 12.8. The summed E-state index contributed by atoms with van der Waals surface area (Å²) in [6.45, 7) is 0. The Bertz CT molecular complexity index is 921. The van der Waals surface area contributed by atoms with Gasteiger partial charge in [0.2, 0.25) is 5.91 Å². The Kier molecular flexibility index (Phi) is 3.99. The Hall–Kier alpha value is -3.48. The molecule has 0 bridgehead atoms. The molecule has 3 amide bonds. The van der Waals surface area contributed by atoms with Crippen LogP contribution in [0.25, 0.3) is 0 Å². The Morgan fingerprint density at radius 2 is 1.48 bits per heavy atom. The molecule has 2 aromatic rings. The number of hydrogen-bond acceptors (Lipinski definition) is 5. The topological polar surface area (TPSA) is 84.0 Å². The van der Waals surface area contributed by atoms with Gasteiger partial charge in [0.15, 0.2) is 0 Å². The number of hydroxylamine groups is 2. The number of amides is 3. The van der Waals surface area contributed by atoms with Crippen molar-refractivity contribution in [3.63, 3.8) is 0 Å². The highest BCUT2D eigenvalue weighted by Crippen LogP contribution is 2.38. The monoisotopic (exact) mass is 364 g/mol. The lowest BCUT2D eigenvalue weighted by Crippen LogP contribution is -2.36. The summed E-state index contributed by atoms with van der Waals surface area (Å²) in [5.41, 5.74) is 1.17. The molecule has 0 saturated carbocycles. The largest absolute Gasteiger partial charge is 0.339 e. The number of carbonyl (C=O) groups excluding carboxylic acids is 4. The first kappa shape index (κ1) is 17.0. The molecule has 0 aromatic heterocycles. The highest BCUT2D eigenvalue weighted by Gasteiger charge is 2.46. The first-order valence-electron chi connectivity index (χ1n) is 8.49. The Balaban J connectivity index is 1.59. The van der Waals surface area contributed by atoms with Crippen molar-refractivity contribution in [2.24, 2.45) is 5.92 Å². The van der Waals surface area contributed by atoms with Crippen LogP contribution in [0.4, 0.5) is 0 Å². The van der Waals surface area contributed by atoms with E-state index < -0.39 is 29.7 Å². The van der Waals surface area contributed by atoms with Gasteiger partial charge in [-0.05, 0) is 17.7 Å². The molecular weight excluding hydrogens is 348 g/mol. The summed E-state index contributed by atoms with van der Waals surface area (Å²) in [7, 11) is 1.62. The predicted molar refractivity (Wildman–Crippen MR) is 93.1 cm³/mol. The summed E-state index contributed by atoms with van der Waals surface area (Å²) < 4.78 is 0. The molecular formula is C20H16N2O5. The van der Waals surface area contributed by atoms with E-state index in [0.717, 1.165) is 5.56 Å². The molecule has 27 heavy (non-hydrogen) atoms. The van der Waals surface area contributed by atoms with Gasteiger partial charge in [0.1, 0.15) is 0 Å². The Morgan fingerprint density at radius 3 is 2.07 bits per heavy atom. The second kappa shape index (κ2) is 6.35. The lowest BCUT2D eigenvalue weighted by Gasteiger charge is -2.25. The van der Waals surface area contributed by atoms with Gasteiger partial charge in [-0.2, -0.15) is 0 Å². The summed E-state index contributed by atoms with van der Waals surface area (Å²) in [6, 6.07) is 14.9. The number of hydrogen-bond donors (Lipinski definition) is 0. The molecule has 0 radical (unpaired) electrons. The van der Waals surface area contributed by atoms with E-state index in [9.17, 15) is 19.2 Å². The second-order valence-electron chi connectivity index (χ2n) is 6.53. The first-order valence-corrected chi connectivity index (χ1v) is 8.49. The summed E-state index contributed by atoms with van der Waals surface area (Å²) in [4.78, 5) is 56.4. The van der Waals surface area contributed by atoms with Crippen LogP contribution in [0.15, 0.2) is 54.6 Å². The summed E-state index contributed by atoms with van der Waals surface area (Å²) in [6.07, 6.45) is -0.0436. The molecule has 7 heteroatoms. The smallest absolute Gasteiger partial charge is 0.338 e. The van der Waals surface area contributed by atoms with Crippen LogP contribution in [0.1, 0.15) is 38.7 Å². The number of carbonyl (C=O) groups is 4. The van der Waals surface area contributed by atoms with Crippen LogP contribution in [-0.4, -0.2) is 40.7 Å². The van der Waals surface area contributed by atoms with Crippen molar-refractivity contribution in [3.05, 3.63) is 71.3 Å². The standard InChI is InChI=1S/C20H16N2O5/c1-21-16(23)11-15(17(21)12-7-3-2-4-8-12)20(26)27-22-18(24)13-9-5-6-10-14(13)19(22)25/h2-10,15,17H,11H2,1H3/t15-,17+/m0/s1. The number of nitrogens with zero attached hydrogens (tertiary/aromatic N) is 2. The highest BCUT2D eigenvalue weighted by molar-refractivity contribution is 6.20. The van der Waals surface area contributed by atoms with Crippen LogP contribution < -0.4 is 0 Å². The molecule has 0 aliphatic carbocycles. The van der Waals surface area contributed by atoms with Crippen LogP contribution >= 0.6 is 0 Å². The number of imide groups is 1. The second-order valence-corrected chi connectivity index (χ2v) is 6.53. The van der Waals surface area contributed by atoms with Crippen LogP contribution in [0, 0.1) is 5.92 Å². The molecule has 0 spiro atoms. The summed E-state index contributed by atoms with van der Waals surface area (Å²) in [5.74, 6) is -3.16. The van der Waals surface area contributed by atoms with E-state index in [4.69, 9.17) is 4.84 Å².